The van der Waals surface area contributed by atoms with Gasteiger partial charge in [0.2, 0.25) is 5.91 Å². The van der Waals surface area contributed by atoms with Gasteiger partial charge in [0.1, 0.15) is 0 Å². The number of carbonyl (C=O) groups excluding carboxylic acids is 2. The van der Waals surface area contributed by atoms with E-state index in [9.17, 15) is 19.5 Å². The molecule has 1 aromatic carbocycles. The predicted molar refractivity (Wildman–Crippen MR) is 106 cm³/mol. The summed E-state index contributed by atoms with van der Waals surface area (Å²) in [5.41, 5.74) is 0.272. The second-order valence-corrected chi connectivity index (χ2v) is 8.30. The average Bonchev–Trinajstić information content (AvgIpc) is 2.69. The number of carboxylic acid groups (broad SMARTS) is 1. The number of benzene rings is 1. The van der Waals surface area contributed by atoms with Crippen LogP contribution in [-0.2, 0) is 9.59 Å². The van der Waals surface area contributed by atoms with Crippen LogP contribution in [0.4, 0.5) is 0 Å². The molecule has 2 N–H and O–H groups in total. The van der Waals surface area contributed by atoms with Gasteiger partial charge < -0.3 is 15.3 Å². The standard InChI is InChI=1S/C22H30N2O4/c25-19(15-22(16-20(26)27)11-5-2-6-12-22)24-13-9-18(10-14-24)23-21(28)17-7-3-1-4-8-17/h1,3-4,7-8,18H,2,5-6,9-16H2,(H,23,28)(H,26,27). The van der Waals surface area contributed by atoms with E-state index in [1.165, 1.54) is 0 Å². The number of hydrogen-bond donors (Lipinski definition) is 2. The molecule has 0 radical (unpaired) electrons. The van der Waals surface area contributed by atoms with Gasteiger partial charge in [-0.25, -0.2) is 0 Å². The molecule has 152 valence electrons. The summed E-state index contributed by atoms with van der Waals surface area (Å²) < 4.78 is 0. The molecule has 28 heavy (non-hydrogen) atoms. The van der Waals surface area contributed by atoms with Crippen molar-refractivity contribution in [1.82, 2.24) is 10.2 Å². The van der Waals surface area contributed by atoms with Crippen molar-refractivity contribution in [2.45, 2.75) is 63.8 Å². The normalized spacial score (nSPS) is 19.8. The van der Waals surface area contributed by atoms with Crippen LogP contribution in [-0.4, -0.2) is 46.9 Å². The first-order valence-electron chi connectivity index (χ1n) is 10.3. The van der Waals surface area contributed by atoms with Crippen molar-refractivity contribution in [3.8, 4) is 0 Å². The van der Waals surface area contributed by atoms with E-state index in [1.54, 1.807) is 12.1 Å². The van der Waals surface area contributed by atoms with Gasteiger partial charge in [-0.3, -0.25) is 14.4 Å². The molecular formula is C22H30N2O4. The molecule has 6 heteroatoms. The Kier molecular flexibility index (Phi) is 6.70. The van der Waals surface area contributed by atoms with Gasteiger partial charge in [0.05, 0.1) is 6.42 Å². The molecule has 0 aromatic heterocycles. The lowest BCUT2D eigenvalue weighted by Gasteiger charge is -2.39. The summed E-state index contributed by atoms with van der Waals surface area (Å²) in [6.07, 6.45) is 6.68. The van der Waals surface area contributed by atoms with Crippen LogP contribution >= 0.6 is 0 Å². The summed E-state index contributed by atoms with van der Waals surface area (Å²) in [6, 6.07) is 9.21. The summed E-state index contributed by atoms with van der Waals surface area (Å²) >= 11 is 0. The minimum atomic E-state index is -0.808. The van der Waals surface area contributed by atoms with E-state index in [1.807, 2.05) is 23.1 Å². The monoisotopic (exact) mass is 386 g/mol. The van der Waals surface area contributed by atoms with Crippen LogP contribution in [0.1, 0.15) is 68.1 Å². The van der Waals surface area contributed by atoms with E-state index in [-0.39, 0.29) is 29.7 Å². The minimum absolute atomic E-state index is 0.0657. The molecule has 0 spiro atoms. The van der Waals surface area contributed by atoms with Crippen LogP contribution in [0.5, 0.6) is 0 Å². The molecule has 1 aliphatic carbocycles. The maximum absolute atomic E-state index is 12.8. The number of hydrogen-bond acceptors (Lipinski definition) is 3. The molecule has 0 atom stereocenters. The summed E-state index contributed by atoms with van der Waals surface area (Å²) in [7, 11) is 0. The molecular weight excluding hydrogens is 356 g/mol. The van der Waals surface area contributed by atoms with E-state index >= 15 is 0 Å². The molecule has 0 bridgehead atoms. The highest BCUT2D eigenvalue weighted by Crippen LogP contribution is 2.42. The molecule has 1 saturated heterocycles. The number of nitrogens with zero attached hydrogens (tertiary/aromatic N) is 1. The first-order chi connectivity index (χ1) is 13.5. The predicted octanol–water partition coefficient (Wildman–Crippen LogP) is 3.22. The Hall–Kier alpha value is -2.37. The average molecular weight is 386 g/mol. The smallest absolute Gasteiger partial charge is 0.303 e. The molecule has 1 heterocycles. The minimum Gasteiger partial charge on any atom is -0.481 e. The zero-order valence-corrected chi connectivity index (χ0v) is 16.4. The van der Waals surface area contributed by atoms with Gasteiger partial charge in [-0.2, -0.15) is 0 Å². The van der Waals surface area contributed by atoms with Crippen LogP contribution in [0.3, 0.4) is 0 Å². The summed E-state index contributed by atoms with van der Waals surface area (Å²) in [4.78, 5) is 38.3. The van der Waals surface area contributed by atoms with Crippen molar-refractivity contribution in [3.05, 3.63) is 35.9 Å². The third-order valence-electron chi connectivity index (χ3n) is 6.19. The maximum Gasteiger partial charge on any atom is 0.303 e. The zero-order valence-electron chi connectivity index (χ0n) is 16.4. The fraction of sp³-hybridized carbons (Fsp3) is 0.591. The highest BCUT2D eigenvalue weighted by molar-refractivity contribution is 5.94. The lowest BCUT2D eigenvalue weighted by atomic mass is 9.69. The van der Waals surface area contributed by atoms with E-state index in [0.717, 1.165) is 44.9 Å². The zero-order chi connectivity index (χ0) is 20.0. The Morgan fingerprint density at radius 3 is 2.25 bits per heavy atom. The molecule has 1 aliphatic heterocycles. The number of carbonyl (C=O) groups is 3. The molecule has 1 aromatic rings. The summed E-state index contributed by atoms with van der Waals surface area (Å²) in [6.45, 7) is 1.23. The van der Waals surface area contributed by atoms with Crippen LogP contribution in [0.15, 0.2) is 30.3 Å². The number of piperidine rings is 1. The molecule has 3 rings (SSSR count). The van der Waals surface area contributed by atoms with Gasteiger partial charge in [-0.1, -0.05) is 37.5 Å². The van der Waals surface area contributed by atoms with Crippen LogP contribution in [0, 0.1) is 5.41 Å². The van der Waals surface area contributed by atoms with E-state index in [4.69, 9.17) is 0 Å². The topological polar surface area (TPSA) is 86.7 Å². The molecule has 6 nitrogen and oxygen atoms in total. The second kappa shape index (κ2) is 9.22. The molecule has 1 saturated carbocycles. The number of rotatable bonds is 6. The van der Waals surface area contributed by atoms with E-state index in [0.29, 0.717) is 25.1 Å². The van der Waals surface area contributed by atoms with Gasteiger partial charge in [0.25, 0.3) is 5.91 Å². The van der Waals surface area contributed by atoms with Gasteiger partial charge >= 0.3 is 5.97 Å². The lowest BCUT2D eigenvalue weighted by molar-refractivity contribution is -0.142. The largest absolute Gasteiger partial charge is 0.481 e. The second-order valence-electron chi connectivity index (χ2n) is 8.30. The lowest BCUT2D eigenvalue weighted by Crippen LogP contribution is -2.47. The van der Waals surface area contributed by atoms with Crippen LogP contribution in [0.2, 0.25) is 0 Å². The van der Waals surface area contributed by atoms with E-state index in [2.05, 4.69) is 5.32 Å². The van der Waals surface area contributed by atoms with Gasteiger partial charge in [-0.05, 0) is 43.2 Å². The molecule has 0 unspecified atom stereocenters. The van der Waals surface area contributed by atoms with Crippen molar-refractivity contribution in [2.75, 3.05) is 13.1 Å². The van der Waals surface area contributed by atoms with Crippen molar-refractivity contribution in [2.24, 2.45) is 5.41 Å². The summed E-state index contributed by atoms with van der Waals surface area (Å²) in [5, 5.41) is 12.4. The molecule has 2 fully saturated rings. The highest BCUT2D eigenvalue weighted by Gasteiger charge is 2.38. The van der Waals surface area contributed by atoms with Crippen molar-refractivity contribution in [3.63, 3.8) is 0 Å². The first-order valence-corrected chi connectivity index (χ1v) is 10.3. The Morgan fingerprint density at radius 1 is 1.00 bits per heavy atom. The van der Waals surface area contributed by atoms with Crippen molar-refractivity contribution in [1.29, 1.82) is 0 Å². The summed E-state index contributed by atoms with van der Waals surface area (Å²) in [5.74, 6) is -0.819. The van der Waals surface area contributed by atoms with Gasteiger partial charge in [-0.15, -0.1) is 0 Å². The fourth-order valence-electron chi connectivity index (χ4n) is 4.60. The number of likely N-dealkylation sites (tertiary alicyclic amines) is 1. The van der Waals surface area contributed by atoms with Crippen LogP contribution in [0.25, 0.3) is 0 Å². The Labute approximate surface area is 166 Å². The van der Waals surface area contributed by atoms with Crippen LogP contribution < -0.4 is 5.32 Å². The number of nitrogens with one attached hydrogen (secondary N) is 1. The Balaban J connectivity index is 1.50. The third-order valence-corrected chi connectivity index (χ3v) is 6.19. The molecule has 2 aliphatic rings. The quantitative estimate of drug-likeness (QED) is 0.786. The third kappa shape index (κ3) is 5.33. The van der Waals surface area contributed by atoms with E-state index < -0.39 is 5.97 Å². The number of amides is 2. The highest BCUT2D eigenvalue weighted by atomic mass is 16.4. The Bertz CT molecular complexity index is 690. The Morgan fingerprint density at radius 2 is 1.64 bits per heavy atom. The molecule has 2 amide bonds. The number of carboxylic acids is 1. The number of aliphatic carboxylic acids is 1. The maximum atomic E-state index is 12.8. The van der Waals surface area contributed by atoms with Crippen molar-refractivity contribution >= 4 is 17.8 Å². The fourth-order valence-corrected chi connectivity index (χ4v) is 4.60. The SMILES string of the molecule is O=C(O)CC1(CC(=O)N2CCC(NC(=O)c3ccccc3)CC2)CCCCC1. The van der Waals surface area contributed by atoms with Gasteiger partial charge in [0.15, 0.2) is 0 Å². The van der Waals surface area contributed by atoms with Gasteiger partial charge in [0, 0.05) is 31.1 Å². The first kappa shape index (κ1) is 20.4. The van der Waals surface area contributed by atoms with Crippen molar-refractivity contribution < 1.29 is 19.5 Å².